The predicted molar refractivity (Wildman–Crippen MR) is 285 cm³/mol. The Morgan fingerprint density at radius 2 is 1.59 bits per heavy atom. The number of ether oxygens (including phenoxy) is 2. The number of carbonyl (C=O) groups is 3. The van der Waals surface area contributed by atoms with Gasteiger partial charge in [0.1, 0.15) is 41.7 Å². The van der Waals surface area contributed by atoms with Gasteiger partial charge in [-0.3, -0.25) is 14.4 Å². The van der Waals surface area contributed by atoms with Gasteiger partial charge in [-0.1, -0.05) is 45.0 Å². The van der Waals surface area contributed by atoms with E-state index in [9.17, 15) is 19.5 Å². The largest absolute Gasteiger partial charge is 0.391 e. The van der Waals surface area contributed by atoms with Crippen molar-refractivity contribution in [2.24, 2.45) is 10.8 Å². The maximum Gasteiger partial charge on any atom is 0.246 e. The molecule has 19 heteroatoms. The summed E-state index contributed by atoms with van der Waals surface area (Å²) in [5.74, 6) is 2.00. The second kappa shape index (κ2) is 23.7. The molecule has 18 nitrogen and oxygen atoms in total. The van der Waals surface area contributed by atoms with Crippen molar-refractivity contribution in [3.8, 4) is 10.4 Å². The van der Waals surface area contributed by atoms with Gasteiger partial charge in [-0.05, 0) is 114 Å². The maximum absolute atomic E-state index is 14.1. The van der Waals surface area contributed by atoms with Gasteiger partial charge in [-0.25, -0.2) is 19.9 Å². The van der Waals surface area contributed by atoms with Crippen molar-refractivity contribution >= 4 is 57.7 Å². The van der Waals surface area contributed by atoms with Crippen molar-refractivity contribution in [2.45, 2.75) is 131 Å². The number of aliphatic hydroxyl groups is 1. The minimum absolute atomic E-state index is 0.00254. The molecular formula is C54H76N12O6S. The number of aryl methyl sites for hydroxylation is 2. The number of imidazole rings is 1. The first-order valence-corrected chi connectivity index (χ1v) is 27.0. The number of nitrogens with one attached hydrogen (secondary N) is 3. The average Bonchev–Trinajstić information content (AvgIpc) is 4.08. The fourth-order valence-corrected chi connectivity index (χ4v) is 11.4. The van der Waals surface area contributed by atoms with Gasteiger partial charge >= 0.3 is 0 Å². The number of fused-ring (bicyclic) bond motifs is 1. The first kappa shape index (κ1) is 53.7. The van der Waals surface area contributed by atoms with Gasteiger partial charge < -0.3 is 49.8 Å². The summed E-state index contributed by atoms with van der Waals surface area (Å²) in [6.45, 7) is 22.2. The van der Waals surface area contributed by atoms with Gasteiger partial charge in [0, 0.05) is 70.7 Å². The number of hydrogen-bond acceptors (Lipinski definition) is 15. The van der Waals surface area contributed by atoms with Gasteiger partial charge in [-0.2, -0.15) is 4.98 Å². The molecule has 3 aliphatic heterocycles. The topological polar surface area (TPSA) is 205 Å². The quantitative estimate of drug-likeness (QED) is 0.0572. The van der Waals surface area contributed by atoms with Crippen molar-refractivity contribution in [3.63, 3.8) is 0 Å². The summed E-state index contributed by atoms with van der Waals surface area (Å²) < 4.78 is 13.9. The van der Waals surface area contributed by atoms with Gasteiger partial charge in [0.2, 0.25) is 23.7 Å². The molecule has 3 aliphatic rings. The Hall–Kier alpha value is -5.60. The standard InChI is InChI=1S/C54H76N12O6S/c1-35(2)66-38(5)59-42-31-56-46(30-43(42)66)60-45-15-20-55-52(61-45)64-24-18-54(19-25-64)16-22-63(23-17-54)21-9-26-71-27-10-28-72-33-47(68)62-49(53(6,7)8)51(70)65-32-41(67)29-44(65)50(69)58-36(3)39-11-13-40(14-12-39)48-37(4)57-34-73-48/h11-15,20,30-31,34-36,41,44,49,67H,9-10,16-19,21-29,32-33H2,1-8H3,(H,58,69)(H,62,68)(H,55,56,60,61)/t36-,41+,44-,49+/m0/s1. The third-order valence-electron chi connectivity index (χ3n) is 14.8. The van der Waals surface area contributed by atoms with E-state index in [1.54, 1.807) is 11.3 Å². The average molecular weight is 1020 g/mol. The number of hydrogen-bond donors (Lipinski definition) is 4. The summed E-state index contributed by atoms with van der Waals surface area (Å²) in [5.41, 5.74) is 6.40. The number of β-amino-alcohol motifs (C(OH)–C–C–N with tert-alkyl or cyclic N) is 1. The van der Waals surface area contributed by atoms with E-state index in [0.717, 1.165) is 108 Å². The number of rotatable bonds is 20. The Bertz CT molecular complexity index is 2650. The van der Waals surface area contributed by atoms with E-state index in [1.807, 2.05) is 95.8 Å². The van der Waals surface area contributed by atoms with Crippen LogP contribution in [0.2, 0.25) is 0 Å². The van der Waals surface area contributed by atoms with Crippen LogP contribution in [0, 0.1) is 24.7 Å². The molecule has 0 bridgehead atoms. The van der Waals surface area contributed by atoms with E-state index >= 15 is 0 Å². The normalized spacial score (nSPS) is 19.2. The van der Waals surface area contributed by atoms with E-state index in [1.165, 1.54) is 17.7 Å². The van der Waals surface area contributed by atoms with E-state index in [4.69, 9.17) is 14.5 Å². The van der Waals surface area contributed by atoms with E-state index in [0.29, 0.717) is 37.7 Å². The van der Waals surface area contributed by atoms with Gasteiger partial charge in [0.05, 0.1) is 39.9 Å². The van der Waals surface area contributed by atoms with Crippen LogP contribution in [-0.4, -0.2) is 146 Å². The molecule has 4 atom stereocenters. The SMILES string of the molecule is Cc1ncsc1-c1ccc([C@H](C)NC(=O)[C@@H]2C[C@@H](O)CN2C(=O)[C@@H](NC(=O)COCCCOCCCN2CCC3(CC2)CCN(c2nccc(Nc4cc5c(cn4)nc(C)n5C(C)C)n2)CC3)C(C)(C)C)cc1. The van der Waals surface area contributed by atoms with E-state index < -0.39 is 35.4 Å². The van der Waals surface area contributed by atoms with E-state index in [2.05, 4.69) is 64.1 Å². The number of aliphatic hydroxyl groups excluding tert-OH is 1. The van der Waals surface area contributed by atoms with Crippen LogP contribution >= 0.6 is 11.3 Å². The molecule has 394 valence electrons. The third kappa shape index (κ3) is 13.4. The number of nitrogens with zero attached hydrogens (tertiary/aromatic N) is 9. The number of likely N-dealkylation sites (tertiary alicyclic amines) is 2. The summed E-state index contributed by atoms with van der Waals surface area (Å²) >= 11 is 1.58. The van der Waals surface area contributed by atoms with Crippen LogP contribution in [0.25, 0.3) is 21.5 Å². The molecule has 73 heavy (non-hydrogen) atoms. The lowest BCUT2D eigenvalue weighted by Crippen LogP contribution is -2.58. The molecule has 0 radical (unpaired) electrons. The maximum atomic E-state index is 14.1. The van der Waals surface area contributed by atoms with Gasteiger partial charge in [0.25, 0.3) is 0 Å². The molecule has 3 amide bonds. The molecule has 4 aromatic heterocycles. The number of benzene rings is 1. The summed E-state index contributed by atoms with van der Waals surface area (Å²) in [6.07, 6.45) is 9.15. The van der Waals surface area contributed by atoms with Gasteiger partial charge in [-0.15, -0.1) is 11.3 Å². The minimum Gasteiger partial charge on any atom is -0.391 e. The zero-order chi connectivity index (χ0) is 51.9. The van der Waals surface area contributed by atoms with Crippen molar-refractivity contribution in [3.05, 3.63) is 71.4 Å². The Labute approximate surface area is 434 Å². The van der Waals surface area contributed by atoms with Crippen molar-refractivity contribution in [2.75, 3.05) is 75.9 Å². The van der Waals surface area contributed by atoms with Gasteiger partial charge in [0.15, 0.2) is 0 Å². The number of pyridine rings is 1. The summed E-state index contributed by atoms with van der Waals surface area (Å²) in [5, 5.41) is 20.0. The summed E-state index contributed by atoms with van der Waals surface area (Å²) in [7, 11) is 0. The Morgan fingerprint density at radius 3 is 2.29 bits per heavy atom. The molecule has 3 saturated heterocycles. The highest BCUT2D eigenvalue weighted by Crippen LogP contribution is 2.42. The summed E-state index contributed by atoms with van der Waals surface area (Å²) in [6, 6.07) is 10.1. The first-order valence-electron chi connectivity index (χ1n) is 26.1. The number of thiazole rings is 1. The summed E-state index contributed by atoms with van der Waals surface area (Å²) in [4.78, 5) is 71.4. The second-order valence-electron chi connectivity index (χ2n) is 21.6. The molecule has 3 fully saturated rings. The number of anilines is 3. The van der Waals surface area contributed by atoms with Crippen LogP contribution in [0.5, 0.6) is 0 Å². The van der Waals surface area contributed by atoms with Crippen LogP contribution in [-0.2, 0) is 23.9 Å². The Morgan fingerprint density at radius 1 is 0.877 bits per heavy atom. The first-order chi connectivity index (χ1) is 35.0. The molecule has 7 heterocycles. The molecule has 1 aromatic carbocycles. The number of aromatic nitrogens is 6. The van der Waals surface area contributed by atoms with Crippen molar-refractivity contribution in [1.82, 2.24) is 49.9 Å². The van der Waals surface area contributed by atoms with Crippen LogP contribution in [0.15, 0.2) is 54.3 Å². The highest BCUT2D eigenvalue weighted by Gasteiger charge is 2.45. The zero-order valence-corrected chi connectivity index (χ0v) is 44.8. The fourth-order valence-electron chi connectivity index (χ4n) is 10.6. The molecule has 5 aromatic rings. The number of piperidine rings is 2. The molecule has 0 aliphatic carbocycles. The third-order valence-corrected chi connectivity index (χ3v) is 15.8. The van der Waals surface area contributed by atoms with Crippen molar-refractivity contribution in [1.29, 1.82) is 0 Å². The zero-order valence-electron chi connectivity index (χ0n) is 44.0. The smallest absolute Gasteiger partial charge is 0.246 e. The van der Waals surface area contributed by atoms with E-state index in [-0.39, 0.29) is 31.5 Å². The second-order valence-corrected chi connectivity index (χ2v) is 22.5. The fraction of sp³-hybridized carbons (Fsp3) is 0.593. The Balaban J connectivity index is 0.691. The molecule has 0 saturated carbocycles. The molecule has 8 rings (SSSR count). The Kier molecular flexibility index (Phi) is 17.5. The number of amides is 3. The number of carbonyl (C=O) groups excluding carboxylic acids is 3. The molecule has 4 N–H and O–H groups in total. The van der Waals surface area contributed by atoms with Crippen LogP contribution in [0.4, 0.5) is 17.6 Å². The molecule has 0 unspecified atom stereocenters. The molecular weight excluding hydrogens is 945 g/mol. The monoisotopic (exact) mass is 1020 g/mol. The lowest BCUT2D eigenvalue weighted by atomic mass is 9.71. The predicted octanol–water partition coefficient (Wildman–Crippen LogP) is 7.15. The van der Waals surface area contributed by atoms with Crippen LogP contribution in [0.1, 0.15) is 116 Å². The highest BCUT2D eigenvalue weighted by molar-refractivity contribution is 7.13. The lowest BCUT2D eigenvalue weighted by molar-refractivity contribution is -0.144. The highest BCUT2D eigenvalue weighted by atomic mass is 32.1. The van der Waals surface area contributed by atoms with Crippen LogP contribution < -0.4 is 20.9 Å². The lowest BCUT2D eigenvalue weighted by Gasteiger charge is -2.47. The molecule has 1 spiro atoms. The van der Waals surface area contributed by atoms with Crippen molar-refractivity contribution < 1.29 is 29.0 Å². The minimum atomic E-state index is -0.934. The van der Waals surface area contributed by atoms with Crippen LogP contribution in [0.3, 0.4) is 0 Å².